The topological polar surface area (TPSA) is 50.3 Å². The quantitative estimate of drug-likeness (QED) is 0.601. The summed E-state index contributed by atoms with van der Waals surface area (Å²) in [5.74, 6) is -0.0711. The van der Waals surface area contributed by atoms with E-state index in [0.29, 0.717) is 12.6 Å². The molecule has 0 saturated heterocycles. The fourth-order valence-corrected chi connectivity index (χ4v) is 3.45. The first-order chi connectivity index (χ1) is 14.1. The summed E-state index contributed by atoms with van der Waals surface area (Å²) in [4.78, 5) is 11.2. The van der Waals surface area contributed by atoms with Crippen molar-refractivity contribution in [2.45, 2.75) is 26.4 Å². The number of anilines is 2. The fourth-order valence-electron chi connectivity index (χ4n) is 3.45. The normalized spacial score (nSPS) is 13.3. The van der Waals surface area contributed by atoms with Crippen molar-refractivity contribution in [1.82, 2.24) is 14.9 Å². The summed E-state index contributed by atoms with van der Waals surface area (Å²) in [6.07, 6.45) is 2.54. The van der Waals surface area contributed by atoms with Gasteiger partial charge in [-0.2, -0.15) is 0 Å². The van der Waals surface area contributed by atoms with Crippen molar-refractivity contribution in [3.05, 3.63) is 77.1 Å². The molecule has 0 bridgehead atoms. The van der Waals surface area contributed by atoms with Crippen LogP contribution in [0.3, 0.4) is 0 Å². The van der Waals surface area contributed by atoms with Crippen molar-refractivity contribution >= 4 is 24.0 Å². The highest BCUT2D eigenvalue weighted by atomic mass is 35.5. The predicted octanol–water partition coefficient (Wildman–Crippen LogP) is 4.88. The summed E-state index contributed by atoms with van der Waals surface area (Å²) < 4.78 is 32.6. The van der Waals surface area contributed by atoms with Gasteiger partial charge < -0.3 is 10.1 Å². The molecule has 1 N–H and O–H groups in total. The van der Waals surface area contributed by atoms with E-state index in [1.54, 1.807) is 6.20 Å². The lowest BCUT2D eigenvalue weighted by atomic mass is 10.1. The Bertz CT molecular complexity index is 1020. The first-order valence-electron chi connectivity index (χ1n) is 9.62. The monoisotopic (exact) mass is 432 g/mol. The maximum atomic E-state index is 13.8. The van der Waals surface area contributed by atoms with E-state index >= 15 is 0 Å². The van der Waals surface area contributed by atoms with Crippen LogP contribution in [0, 0.1) is 11.6 Å². The summed E-state index contributed by atoms with van der Waals surface area (Å²) in [5, 5.41) is 2.83. The Morgan fingerprint density at radius 2 is 2.00 bits per heavy atom. The second-order valence-electron chi connectivity index (χ2n) is 6.92. The van der Waals surface area contributed by atoms with Crippen LogP contribution in [0.2, 0.25) is 0 Å². The lowest BCUT2D eigenvalue weighted by Crippen LogP contribution is -2.31. The van der Waals surface area contributed by atoms with E-state index in [9.17, 15) is 8.78 Å². The predicted molar refractivity (Wildman–Crippen MR) is 114 cm³/mol. The van der Waals surface area contributed by atoms with Gasteiger partial charge in [-0.3, -0.25) is 4.90 Å². The van der Waals surface area contributed by atoms with Crippen LogP contribution in [-0.4, -0.2) is 28.0 Å². The van der Waals surface area contributed by atoms with Crippen molar-refractivity contribution in [2.75, 3.05) is 18.5 Å². The van der Waals surface area contributed by atoms with E-state index < -0.39 is 11.6 Å². The van der Waals surface area contributed by atoms with Crippen LogP contribution in [0.15, 0.2) is 48.7 Å². The summed E-state index contributed by atoms with van der Waals surface area (Å²) in [6, 6.07) is 11.4. The fraction of sp³-hybridized carbons (Fsp3) is 0.273. The molecule has 0 radical (unpaired) electrons. The van der Waals surface area contributed by atoms with Crippen LogP contribution in [0.1, 0.15) is 23.7 Å². The molecule has 0 unspecified atom stereocenters. The average Bonchev–Trinajstić information content (AvgIpc) is 2.72. The third-order valence-corrected chi connectivity index (χ3v) is 4.86. The standard InChI is InChI=1S/C22H22F2N4O.ClH/c1-2-29-21-6-4-3-5-15(21)13-28-10-9-19-16(14-28)12-25-22(26-19)27-20-8-7-17(23)11-18(20)24;/h3-8,11-12H,2,9-10,13-14H2,1H3,(H,25,26,27);1H. The molecule has 2 aromatic carbocycles. The van der Waals surface area contributed by atoms with Crippen LogP contribution in [0.25, 0.3) is 0 Å². The Labute approximate surface area is 180 Å². The molecule has 158 valence electrons. The van der Waals surface area contributed by atoms with Crippen LogP contribution in [0.4, 0.5) is 20.4 Å². The molecule has 0 spiro atoms. The van der Waals surface area contributed by atoms with Gasteiger partial charge in [-0.25, -0.2) is 18.7 Å². The SMILES string of the molecule is CCOc1ccccc1CN1CCc2nc(Nc3ccc(F)cc3F)ncc2C1.Cl. The second-order valence-corrected chi connectivity index (χ2v) is 6.92. The van der Waals surface area contributed by atoms with E-state index in [-0.39, 0.29) is 18.1 Å². The smallest absolute Gasteiger partial charge is 0.227 e. The molecule has 0 atom stereocenters. The van der Waals surface area contributed by atoms with Gasteiger partial charge in [-0.1, -0.05) is 18.2 Å². The summed E-state index contributed by atoms with van der Waals surface area (Å²) >= 11 is 0. The molecule has 1 aliphatic rings. The van der Waals surface area contributed by atoms with Gasteiger partial charge in [0.2, 0.25) is 5.95 Å². The van der Waals surface area contributed by atoms with E-state index in [1.807, 2.05) is 25.1 Å². The Kier molecular flexibility index (Phi) is 7.18. The van der Waals surface area contributed by atoms with Gasteiger partial charge in [0.15, 0.2) is 0 Å². The highest BCUT2D eigenvalue weighted by Gasteiger charge is 2.20. The molecule has 5 nitrogen and oxygen atoms in total. The van der Waals surface area contributed by atoms with Crippen molar-refractivity contribution in [3.8, 4) is 5.75 Å². The molecular formula is C22H23ClF2N4O. The summed E-state index contributed by atoms with van der Waals surface area (Å²) in [7, 11) is 0. The van der Waals surface area contributed by atoms with Crippen LogP contribution in [-0.2, 0) is 19.5 Å². The lowest BCUT2D eigenvalue weighted by Gasteiger charge is -2.28. The minimum Gasteiger partial charge on any atom is -0.494 e. The molecule has 2 heterocycles. The third kappa shape index (κ3) is 5.04. The number of nitrogens with zero attached hydrogens (tertiary/aromatic N) is 3. The number of hydrogen-bond acceptors (Lipinski definition) is 5. The Morgan fingerprint density at radius 3 is 2.80 bits per heavy atom. The minimum absolute atomic E-state index is 0. The van der Waals surface area contributed by atoms with Gasteiger partial charge in [0, 0.05) is 49.4 Å². The summed E-state index contributed by atoms with van der Waals surface area (Å²) in [6.45, 7) is 5.00. The van der Waals surface area contributed by atoms with Crippen molar-refractivity contribution in [3.63, 3.8) is 0 Å². The average molecular weight is 433 g/mol. The number of ether oxygens (including phenoxy) is 1. The Balaban J connectivity index is 0.00000256. The first-order valence-corrected chi connectivity index (χ1v) is 9.62. The number of fused-ring (bicyclic) bond motifs is 1. The Hall–Kier alpha value is -2.77. The van der Waals surface area contributed by atoms with Crippen LogP contribution >= 0.6 is 12.4 Å². The third-order valence-electron chi connectivity index (χ3n) is 4.86. The highest BCUT2D eigenvalue weighted by molar-refractivity contribution is 5.85. The van der Waals surface area contributed by atoms with Crippen molar-refractivity contribution in [1.29, 1.82) is 0 Å². The zero-order valence-corrected chi connectivity index (χ0v) is 17.4. The van der Waals surface area contributed by atoms with E-state index in [0.717, 1.165) is 54.7 Å². The molecule has 0 saturated carbocycles. The molecular weight excluding hydrogens is 410 g/mol. The zero-order chi connectivity index (χ0) is 20.2. The number of nitrogens with one attached hydrogen (secondary N) is 1. The van der Waals surface area contributed by atoms with Gasteiger partial charge in [0.05, 0.1) is 18.0 Å². The maximum Gasteiger partial charge on any atom is 0.227 e. The number of hydrogen-bond donors (Lipinski definition) is 1. The van der Waals surface area contributed by atoms with Gasteiger partial charge >= 0.3 is 0 Å². The maximum absolute atomic E-state index is 13.8. The van der Waals surface area contributed by atoms with Crippen molar-refractivity contribution < 1.29 is 13.5 Å². The van der Waals surface area contributed by atoms with Gasteiger partial charge in [-0.05, 0) is 25.1 Å². The van der Waals surface area contributed by atoms with Gasteiger partial charge in [-0.15, -0.1) is 12.4 Å². The van der Waals surface area contributed by atoms with Crippen LogP contribution in [0.5, 0.6) is 5.75 Å². The number of rotatable bonds is 6. The van der Waals surface area contributed by atoms with Crippen molar-refractivity contribution in [2.24, 2.45) is 0 Å². The second kappa shape index (κ2) is 9.82. The molecule has 0 aliphatic carbocycles. The van der Waals surface area contributed by atoms with Gasteiger partial charge in [0.25, 0.3) is 0 Å². The molecule has 30 heavy (non-hydrogen) atoms. The number of benzene rings is 2. The first kappa shape index (κ1) is 21.9. The Morgan fingerprint density at radius 1 is 1.17 bits per heavy atom. The number of halogens is 3. The molecule has 8 heteroatoms. The molecule has 1 aliphatic heterocycles. The zero-order valence-electron chi connectivity index (χ0n) is 16.6. The van der Waals surface area contributed by atoms with Crippen LogP contribution < -0.4 is 10.1 Å². The molecule has 1 aromatic heterocycles. The number of para-hydroxylation sites is 1. The van der Waals surface area contributed by atoms with E-state index in [1.165, 1.54) is 12.1 Å². The molecule has 4 rings (SSSR count). The molecule has 3 aromatic rings. The lowest BCUT2D eigenvalue weighted by molar-refractivity contribution is 0.237. The molecule has 0 amide bonds. The minimum atomic E-state index is -0.676. The van der Waals surface area contributed by atoms with E-state index in [2.05, 4.69) is 26.3 Å². The summed E-state index contributed by atoms with van der Waals surface area (Å²) in [5.41, 5.74) is 3.30. The largest absolute Gasteiger partial charge is 0.494 e. The van der Waals surface area contributed by atoms with E-state index in [4.69, 9.17) is 4.74 Å². The highest BCUT2D eigenvalue weighted by Crippen LogP contribution is 2.25. The van der Waals surface area contributed by atoms with Gasteiger partial charge in [0.1, 0.15) is 17.4 Å². The number of aromatic nitrogens is 2. The molecule has 0 fully saturated rings.